The molecular formula is C30H28F6O3. The molecule has 0 amide bonds. The predicted octanol–water partition coefficient (Wildman–Crippen LogP) is 8.38. The third kappa shape index (κ3) is 6.15. The van der Waals surface area contributed by atoms with Crippen LogP contribution in [0.3, 0.4) is 0 Å². The third-order valence-electron chi connectivity index (χ3n) is 7.47. The number of hydrogen-bond acceptors (Lipinski definition) is 3. The molecule has 0 atom stereocenters. The van der Waals surface area contributed by atoms with Crippen molar-refractivity contribution in [1.29, 1.82) is 0 Å². The Morgan fingerprint density at radius 3 is 1.90 bits per heavy atom. The van der Waals surface area contributed by atoms with E-state index in [0.717, 1.165) is 30.9 Å². The van der Waals surface area contributed by atoms with Crippen LogP contribution in [0.2, 0.25) is 0 Å². The van der Waals surface area contributed by atoms with E-state index in [0.29, 0.717) is 29.2 Å². The van der Waals surface area contributed by atoms with Crippen molar-refractivity contribution in [3.05, 3.63) is 94.6 Å². The molecule has 0 spiro atoms. The highest BCUT2D eigenvalue weighted by Crippen LogP contribution is 2.38. The van der Waals surface area contributed by atoms with E-state index < -0.39 is 60.5 Å². The fourth-order valence-corrected chi connectivity index (χ4v) is 5.20. The zero-order valence-corrected chi connectivity index (χ0v) is 21.2. The van der Waals surface area contributed by atoms with Crippen molar-refractivity contribution in [2.75, 3.05) is 13.2 Å². The summed E-state index contributed by atoms with van der Waals surface area (Å²) in [5, 5.41) is 0. The second-order valence-corrected chi connectivity index (χ2v) is 10.3. The van der Waals surface area contributed by atoms with Crippen molar-refractivity contribution in [1.82, 2.24) is 0 Å². The van der Waals surface area contributed by atoms with Crippen LogP contribution >= 0.6 is 0 Å². The summed E-state index contributed by atoms with van der Waals surface area (Å²) in [5.41, 5.74) is 1.31. The lowest BCUT2D eigenvalue weighted by atomic mass is 9.79. The van der Waals surface area contributed by atoms with Gasteiger partial charge in [0.2, 0.25) is 0 Å². The number of ether oxygens (including phenoxy) is 3. The van der Waals surface area contributed by atoms with Gasteiger partial charge in [0.1, 0.15) is 11.9 Å². The van der Waals surface area contributed by atoms with Crippen LogP contribution in [0, 0.1) is 29.2 Å². The summed E-state index contributed by atoms with van der Waals surface area (Å²) >= 11 is 0. The lowest BCUT2D eigenvalue weighted by Crippen LogP contribution is -2.38. The molecule has 1 heterocycles. The molecule has 1 aliphatic heterocycles. The summed E-state index contributed by atoms with van der Waals surface area (Å²) in [6.07, 6.45) is -1.91. The lowest BCUT2D eigenvalue weighted by Gasteiger charge is -2.32. The molecule has 3 aromatic carbocycles. The monoisotopic (exact) mass is 550 g/mol. The van der Waals surface area contributed by atoms with Gasteiger partial charge in [-0.25, -0.2) is 17.6 Å². The maximum Gasteiger partial charge on any atom is 0.386 e. The highest BCUT2D eigenvalue weighted by Gasteiger charge is 2.40. The summed E-state index contributed by atoms with van der Waals surface area (Å²) < 4.78 is 100. The maximum absolute atomic E-state index is 14.9. The largest absolute Gasteiger partial charge is 0.386 e. The Morgan fingerprint density at radius 1 is 0.718 bits per heavy atom. The van der Waals surface area contributed by atoms with Gasteiger partial charge in [0.15, 0.2) is 23.7 Å². The average Bonchev–Trinajstić information content (AvgIpc) is 2.92. The Balaban J connectivity index is 1.21. The molecule has 3 aromatic rings. The molecule has 0 N–H and O–H groups in total. The third-order valence-corrected chi connectivity index (χ3v) is 7.47. The minimum Gasteiger partial charge on any atom is -0.346 e. The molecule has 39 heavy (non-hydrogen) atoms. The van der Waals surface area contributed by atoms with Crippen LogP contribution < -0.4 is 0 Å². The molecule has 9 heteroatoms. The molecule has 2 fully saturated rings. The molecular weight excluding hydrogens is 522 g/mol. The van der Waals surface area contributed by atoms with Crippen LogP contribution in [-0.4, -0.2) is 19.3 Å². The van der Waals surface area contributed by atoms with Gasteiger partial charge in [-0.2, -0.15) is 8.78 Å². The van der Waals surface area contributed by atoms with Gasteiger partial charge in [-0.1, -0.05) is 50.1 Å². The molecule has 2 aliphatic rings. The molecule has 0 aromatic heterocycles. The quantitative estimate of drug-likeness (QED) is 0.228. The van der Waals surface area contributed by atoms with E-state index in [1.165, 1.54) is 24.5 Å². The number of halogens is 6. The topological polar surface area (TPSA) is 27.7 Å². The Labute approximate surface area is 222 Å². The van der Waals surface area contributed by atoms with Gasteiger partial charge in [-0.15, -0.1) is 0 Å². The Bertz CT molecular complexity index is 1270. The second kappa shape index (κ2) is 11.3. The Kier molecular flexibility index (Phi) is 8.03. The molecule has 5 rings (SSSR count). The molecule has 1 aliphatic carbocycles. The van der Waals surface area contributed by atoms with Crippen LogP contribution in [0.15, 0.2) is 54.6 Å². The van der Waals surface area contributed by atoms with Crippen molar-refractivity contribution in [3.8, 4) is 11.1 Å². The first-order valence-corrected chi connectivity index (χ1v) is 12.9. The number of rotatable bonds is 6. The average molecular weight is 551 g/mol. The van der Waals surface area contributed by atoms with Gasteiger partial charge in [-0.3, -0.25) is 0 Å². The molecule has 1 saturated heterocycles. The van der Waals surface area contributed by atoms with Gasteiger partial charge < -0.3 is 14.2 Å². The molecule has 1 saturated carbocycles. The van der Waals surface area contributed by atoms with Crippen LogP contribution in [0.5, 0.6) is 0 Å². The molecule has 0 unspecified atom stereocenters. The maximum atomic E-state index is 14.9. The van der Waals surface area contributed by atoms with E-state index in [4.69, 9.17) is 14.2 Å². The van der Waals surface area contributed by atoms with Crippen LogP contribution in [0.25, 0.3) is 11.1 Å². The normalized spacial score (nSPS) is 24.1. The Hall–Kier alpha value is -2.88. The minimum absolute atomic E-state index is 0.153. The van der Waals surface area contributed by atoms with Gasteiger partial charge in [0, 0.05) is 5.56 Å². The van der Waals surface area contributed by atoms with E-state index >= 15 is 0 Å². The van der Waals surface area contributed by atoms with Crippen molar-refractivity contribution in [2.24, 2.45) is 5.92 Å². The van der Waals surface area contributed by atoms with E-state index in [2.05, 4.69) is 6.92 Å². The summed E-state index contributed by atoms with van der Waals surface area (Å²) in [4.78, 5) is 0. The van der Waals surface area contributed by atoms with Gasteiger partial charge in [-0.05, 0) is 65.6 Å². The number of alkyl halides is 2. The molecule has 3 nitrogen and oxygen atoms in total. The summed E-state index contributed by atoms with van der Waals surface area (Å²) in [7, 11) is 0. The van der Waals surface area contributed by atoms with Crippen molar-refractivity contribution in [3.63, 3.8) is 0 Å². The van der Waals surface area contributed by atoms with E-state index in [-0.39, 0.29) is 5.56 Å². The zero-order chi connectivity index (χ0) is 27.7. The first-order chi connectivity index (χ1) is 18.6. The Morgan fingerprint density at radius 2 is 1.31 bits per heavy atom. The predicted molar refractivity (Wildman–Crippen MR) is 132 cm³/mol. The van der Waals surface area contributed by atoms with Gasteiger partial charge in [0.25, 0.3) is 0 Å². The molecule has 208 valence electrons. The molecule has 0 bridgehead atoms. The summed E-state index contributed by atoms with van der Waals surface area (Å²) in [6, 6.07) is 12.6. The lowest BCUT2D eigenvalue weighted by molar-refractivity contribution is -0.321. The van der Waals surface area contributed by atoms with Gasteiger partial charge >= 0.3 is 6.11 Å². The second-order valence-electron chi connectivity index (χ2n) is 10.3. The van der Waals surface area contributed by atoms with Crippen LogP contribution in [0.1, 0.15) is 61.5 Å². The zero-order valence-electron chi connectivity index (χ0n) is 21.2. The van der Waals surface area contributed by atoms with Crippen molar-refractivity contribution in [2.45, 2.75) is 57.0 Å². The van der Waals surface area contributed by atoms with Crippen molar-refractivity contribution < 1.29 is 40.6 Å². The highest BCUT2D eigenvalue weighted by atomic mass is 19.3. The minimum atomic E-state index is -4.00. The standard InChI is InChI=1S/C30H28F6O3/c1-17-2-4-18(5-3-17)19-6-8-20(9-7-19)21-10-11-24(25(31)12-21)30(35,36)39-23-15-37-29(38-16-23)22-13-26(32)28(34)27(33)14-22/h6-14,17-18,23,29H,2-5,15-16H2,1H3. The van der Waals surface area contributed by atoms with Crippen LogP contribution in [-0.2, 0) is 20.3 Å². The fourth-order valence-electron chi connectivity index (χ4n) is 5.20. The summed E-state index contributed by atoms with van der Waals surface area (Å²) in [5.74, 6) is -4.39. The van der Waals surface area contributed by atoms with E-state index in [9.17, 15) is 26.3 Å². The molecule has 0 radical (unpaired) electrons. The highest BCUT2D eigenvalue weighted by molar-refractivity contribution is 5.64. The van der Waals surface area contributed by atoms with Crippen molar-refractivity contribution >= 4 is 0 Å². The number of hydrogen-bond donors (Lipinski definition) is 0. The van der Waals surface area contributed by atoms with Crippen LogP contribution in [0.4, 0.5) is 26.3 Å². The van der Waals surface area contributed by atoms with Gasteiger partial charge in [0.05, 0.1) is 18.8 Å². The first-order valence-electron chi connectivity index (χ1n) is 12.9. The van der Waals surface area contributed by atoms with E-state index in [1.54, 1.807) is 0 Å². The first kappa shape index (κ1) is 27.7. The SMILES string of the molecule is CC1CCC(c2ccc(-c3ccc(C(F)(F)OC4COC(c5cc(F)c(F)c(F)c5)OC4)c(F)c3)cc2)CC1. The smallest absolute Gasteiger partial charge is 0.346 e. The van der Waals surface area contributed by atoms with E-state index in [1.807, 2.05) is 24.3 Å². The number of benzene rings is 3. The fraction of sp³-hybridized carbons (Fsp3) is 0.400. The summed E-state index contributed by atoms with van der Waals surface area (Å²) in [6.45, 7) is 1.42.